The second-order valence-corrected chi connectivity index (χ2v) is 11.0. The lowest BCUT2D eigenvalue weighted by Crippen LogP contribution is -2.14. The standard InChI is InChI=1S/C39H28N2O/c1-2-12-26-17-9-10-18-29(26)30-21-22-33-36-31(30)19-11-20-32(36)38-40-35-24-28(25-13-5-3-6-14-25)23-34(27-15-7-4-8-16-27)37(35)41(38)39(33)42/h3-11,13-24H,2,12H2,1H3. The molecule has 8 rings (SSSR count). The summed E-state index contributed by atoms with van der Waals surface area (Å²) in [5.74, 6) is 0. The SMILES string of the molecule is CCCc1ccccc1-c1ccc2c(=O)n3c(nc4cc(-c5ccccc5)cc(-c5ccccc5)c43)c3cccc1c23. The number of imidazole rings is 1. The van der Waals surface area contributed by atoms with Crippen molar-refractivity contribution in [3.05, 3.63) is 143 Å². The van der Waals surface area contributed by atoms with Gasteiger partial charge in [0.25, 0.3) is 5.56 Å². The average Bonchev–Trinajstić information content (AvgIpc) is 3.44. The molecular formula is C39H28N2O. The maximum Gasteiger partial charge on any atom is 0.264 e. The summed E-state index contributed by atoms with van der Waals surface area (Å²) in [4.78, 5) is 19.6. The molecule has 8 aromatic rings. The van der Waals surface area contributed by atoms with E-state index in [1.165, 1.54) is 11.1 Å². The van der Waals surface area contributed by atoms with E-state index >= 15 is 0 Å². The van der Waals surface area contributed by atoms with E-state index in [1.54, 1.807) is 0 Å². The van der Waals surface area contributed by atoms with Crippen molar-refractivity contribution in [1.82, 2.24) is 9.38 Å². The third-order valence-corrected chi connectivity index (χ3v) is 8.49. The lowest BCUT2D eigenvalue weighted by atomic mass is 9.90. The van der Waals surface area contributed by atoms with E-state index in [-0.39, 0.29) is 5.56 Å². The van der Waals surface area contributed by atoms with E-state index < -0.39 is 0 Å². The van der Waals surface area contributed by atoms with Gasteiger partial charge in [-0.3, -0.25) is 9.20 Å². The van der Waals surface area contributed by atoms with Crippen molar-refractivity contribution in [1.29, 1.82) is 0 Å². The van der Waals surface area contributed by atoms with Crippen LogP contribution in [0.25, 0.3) is 71.6 Å². The highest BCUT2D eigenvalue weighted by atomic mass is 16.1. The molecule has 0 saturated heterocycles. The van der Waals surface area contributed by atoms with Crippen LogP contribution in [0.15, 0.2) is 132 Å². The molecule has 2 aromatic heterocycles. The van der Waals surface area contributed by atoms with Gasteiger partial charge in [0.15, 0.2) is 0 Å². The summed E-state index contributed by atoms with van der Waals surface area (Å²) in [6.45, 7) is 2.21. The number of rotatable bonds is 5. The van der Waals surface area contributed by atoms with Gasteiger partial charge in [0, 0.05) is 21.7 Å². The molecule has 0 fully saturated rings. The van der Waals surface area contributed by atoms with Crippen LogP contribution in [0.2, 0.25) is 0 Å². The van der Waals surface area contributed by atoms with E-state index in [2.05, 4.69) is 104 Å². The van der Waals surface area contributed by atoms with Crippen molar-refractivity contribution in [2.24, 2.45) is 0 Å². The van der Waals surface area contributed by atoms with Crippen molar-refractivity contribution < 1.29 is 0 Å². The van der Waals surface area contributed by atoms with Crippen molar-refractivity contribution in [3.63, 3.8) is 0 Å². The van der Waals surface area contributed by atoms with Gasteiger partial charge in [-0.05, 0) is 63.4 Å². The minimum atomic E-state index is -0.0331. The fourth-order valence-electron chi connectivity index (χ4n) is 6.62. The van der Waals surface area contributed by atoms with Crippen molar-refractivity contribution >= 4 is 38.2 Å². The van der Waals surface area contributed by atoms with Gasteiger partial charge in [0.2, 0.25) is 0 Å². The molecule has 200 valence electrons. The predicted molar refractivity (Wildman–Crippen MR) is 175 cm³/mol. The maximum atomic E-state index is 14.4. The first-order valence-electron chi connectivity index (χ1n) is 14.6. The zero-order valence-electron chi connectivity index (χ0n) is 23.3. The van der Waals surface area contributed by atoms with Crippen LogP contribution in [0, 0.1) is 0 Å². The normalized spacial score (nSPS) is 11.7. The van der Waals surface area contributed by atoms with Gasteiger partial charge in [0.05, 0.1) is 11.0 Å². The number of benzene rings is 6. The zero-order chi connectivity index (χ0) is 28.2. The van der Waals surface area contributed by atoms with Gasteiger partial charge in [-0.25, -0.2) is 4.98 Å². The molecule has 0 aliphatic heterocycles. The lowest BCUT2D eigenvalue weighted by Gasteiger charge is -2.15. The monoisotopic (exact) mass is 540 g/mol. The summed E-state index contributed by atoms with van der Waals surface area (Å²) >= 11 is 0. The van der Waals surface area contributed by atoms with Crippen LogP contribution < -0.4 is 5.56 Å². The molecule has 0 N–H and O–H groups in total. The minimum absolute atomic E-state index is 0.0331. The summed E-state index contributed by atoms with van der Waals surface area (Å²) in [6.07, 6.45) is 2.09. The fraction of sp³-hybridized carbons (Fsp3) is 0.0769. The molecule has 0 radical (unpaired) electrons. The lowest BCUT2D eigenvalue weighted by molar-refractivity contribution is 0.924. The van der Waals surface area contributed by atoms with Crippen molar-refractivity contribution in [2.45, 2.75) is 19.8 Å². The molecule has 0 unspecified atom stereocenters. The maximum absolute atomic E-state index is 14.4. The molecule has 3 heteroatoms. The first-order valence-corrected chi connectivity index (χ1v) is 14.6. The van der Waals surface area contributed by atoms with Crippen LogP contribution >= 0.6 is 0 Å². The molecule has 0 aliphatic carbocycles. The Hall–Kier alpha value is -5.28. The average molecular weight is 541 g/mol. The molecule has 0 amide bonds. The summed E-state index contributed by atoms with van der Waals surface area (Å²) in [6, 6.07) is 44.1. The molecular weight excluding hydrogens is 512 g/mol. The highest BCUT2D eigenvalue weighted by Crippen LogP contribution is 2.39. The van der Waals surface area contributed by atoms with Crippen LogP contribution in [0.4, 0.5) is 0 Å². The quantitative estimate of drug-likeness (QED) is 0.218. The highest BCUT2D eigenvalue weighted by Gasteiger charge is 2.21. The van der Waals surface area contributed by atoms with Crippen LogP contribution in [0.3, 0.4) is 0 Å². The molecule has 0 spiro atoms. The first-order chi connectivity index (χ1) is 20.7. The topological polar surface area (TPSA) is 34.4 Å². The van der Waals surface area contributed by atoms with Crippen LogP contribution in [-0.2, 0) is 6.42 Å². The second-order valence-electron chi connectivity index (χ2n) is 11.0. The third-order valence-electron chi connectivity index (χ3n) is 8.49. The van der Waals surface area contributed by atoms with Gasteiger partial charge in [-0.2, -0.15) is 0 Å². The molecule has 0 atom stereocenters. The molecule has 0 bridgehead atoms. The minimum Gasteiger partial charge on any atom is -0.268 e. The summed E-state index contributed by atoms with van der Waals surface area (Å²) in [5, 5.41) is 3.79. The van der Waals surface area contributed by atoms with Gasteiger partial charge in [-0.15, -0.1) is 0 Å². The Morgan fingerprint density at radius 2 is 1.31 bits per heavy atom. The number of hydrogen-bond donors (Lipinski definition) is 0. The predicted octanol–water partition coefficient (Wildman–Crippen LogP) is 9.55. The smallest absolute Gasteiger partial charge is 0.264 e. The first kappa shape index (κ1) is 24.5. The molecule has 3 nitrogen and oxygen atoms in total. The van der Waals surface area contributed by atoms with Crippen LogP contribution in [-0.4, -0.2) is 9.38 Å². The number of aryl methyl sites for hydroxylation is 1. The molecule has 2 heterocycles. The number of nitrogens with zero attached hydrogens (tertiary/aromatic N) is 2. The Morgan fingerprint density at radius 1 is 0.595 bits per heavy atom. The summed E-state index contributed by atoms with van der Waals surface area (Å²) in [5.41, 5.74) is 10.3. The Balaban J connectivity index is 1.50. The fourth-order valence-corrected chi connectivity index (χ4v) is 6.62. The number of fused-ring (bicyclic) bond motifs is 4. The second kappa shape index (κ2) is 9.67. The van der Waals surface area contributed by atoms with Gasteiger partial charge in [0.1, 0.15) is 5.65 Å². The Labute approximate surface area is 243 Å². The van der Waals surface area contributed by atoms with E-state index in [1.807, 2.05) is 34.7 Å². The van der Waals surface area contributed by atoms with Crippen molar-refractivity contribution in [2.75, 3.05) is 0 Å². The van der Waals surface area contributed by atoms with E-state index in [0.29, 0.717) is 5.65 Å². The number of pyridine rings is 1. The highest BCUT2D eigenvalue weighted by molar-refractivity contribution is 6.19. The van der Waals surface area contributed by atoms with E-state index in [0.717, 1.165) is 73.2 Å². The Bertz CT molecular complexity index is 2320. The van der Waals surface area contributed by atoms with Crippen LogP contribution in [0.5, 0.6) is 0 Å². The van der Waals surface area contributed by atoms with Crippen molar-refractivity contribution in [3.8, 4) is 33.4 Å². The van der Waals surface area contributed by atoms with Gasteiger partial charge in [-0.1, -0.05) is 123 Å². The van der Waals surface area contributed by atoms with E-state index in [4.69, 9.17) is 4.98 Å². The summed E-state index contributed by atoms with van der Waals surface area (Å²) in [7, 11) is 0. The van der Waals surface area contributed by atoms with Gasteiger partial charge < -0.3 is 0 Å². The molecule has 0 saturated carbocycles. The molecule has 42 heavy (non-hydrogen) atoms. The number of aromatic nitrogens is 2. The number of hydrogen-bond acceptors (Lipinski definition) is 2. The molecule has 0 aliphatic rings. The van der Waals surface area contributed by atoms with Gasteiger partial charge >= 0.3 is 0 Å². The summed E-state index contributed by atoms with van der Waals surface area (Å²) < 4.78 is 1.84. The largest absolute Gasteiger partial charge is 0.268 e. The Morgan fingerprint density at radius 3 is 2.10 bits per heavy atom. The Kier molecular flexibility index (Phi) is 5.65. The zero-order valence-corrected chi connectivity index (χ0v) is 23.3. The van der Waals surface area contributed by atoms with E-state index in [9.17, 15) is 4.79 Å². The third kappa shape index (κ3) is 3.67. The van der Waals surface area contributed by atoms with Crippen LogP contribution in [0.1, 0.15) is 18.9 Å². The molecule has 6 aromatic carbocycles.